The van der Waals surface area contributed by atoms with Crippen molar-refractivity contribution in [3.63, 3.8) is 0 Å². The standard InChI is InChI=1S/C29H40N4O4S2/c1-18-24(12-25(34)35)39-28(31-18)38-8-7-33-27(37-17-19-5-3-2-4-6-19)23(16-30-33)26(36)32-29-13-20-9-21(14-29)11-22(10-20)15-29/h16,19-22H,2-15,17H2,1H3,(H,32,36)(H,34,35). The number of aromatic nitrogens is 3. The topological polar surface area (TPSA) is 106 Å². The monoisotopic (exact) mass is 572 g/mol. The largest absolute Gasteiger partial charge is 0.481 e. The van der Waals surface area contributed by atoms with Crippen molar-refractivity contribution in [1.29, 1.82) is 0 Å². The molecule has 5 aliphatic rings. The number of hydrogen-bond donors (Lipinski definition) is 2. The molecule has 0 aliphatic heterocycles. The summed E-state index contributed by atoms with van der Waals surface area (Å²) in [6.45, 7) is 3.07. The van der Waals surface area contributed by atoms with E-state index in [-0.39, 0.29) is 17.9 Å². The van der Waals surface area contributed by atoms with Crippen LogP contribution >= 0.6 is 23.1 Å². The first-order valence-electron chi connectivity index (χ1n) is 14.7. The summed E-state index contributed by atoms with van der Waals surface area (Å²) in [5.74, 6) is 3.25. The molecule has 2 N–H and O–H groups in total. The van der Waals surface area contributed by atoms with Gasteiger partial charge in [0, 0.05) is 16.2 Å². The van der Waals surface area contributed by atoms with Gasteiger partial charge in [0.1, 0.15) is 9.90 Å². The first-order chi connectivity index (χ1) is 18.9. The quantitative estimate of drug-likeness (QED) is 0.332. The zero-order chi connectivity index (χ0) is 27.0. The lowest BCUT2D eigenvalue weighted by atomic mass is 9.53. The van der Waals surface area contributed by atoms with Gasteiger partial charge < -0.3 is 15.2 Å². The summed E-state index contributed by atoms with van der Waals surface area (Å²) in [4.78, 5) is 30.2. The number of amides is 1. The highest BCUT2D eigenvalue weighted by Crippen LogP contribution is 2.55. The van der Waals surface area contributed by atoms with Crippen LogP contribution in [0.5, 0.6) is 5.88 Å². The minimum Gasteiger partial charge on any atom is -0.481 e. The van der Waals surface area contributed by atoms with Gasteiger partial charge in [-0.05, 0) is 82.0 Å². The lowest BCUT2D eigenvalue weighted by Gasteiger charge is -2.56. The number of carbonyl (C=O) groups is 2. The number of thiazole rings is 1. The summed E-state index contributed by atoms with van der Waals surface area (Å²) in [6, 6.07) is 0. The number of rotatable bonds is 11. The van der Waals surface area contributed by atoms with E-state index < -0.39 is 5.97 Å². The van der Waals surface area contributed by atoms with Crippen LogP contribution < -0.4 is 10.1 Å². The van der Waals surface area contributed by atoms with Crippen LogP contribution in [-0.2, 0) is 17.8 Å². The zero-order valence-electron chi connectivity index (χ0n) is 22.8. The van der Waals surface area contributed by atoms with Crippen molar-refractivity contribution >= 4 is 35.0 Å². The van der Waals surface area contributed by atoms with Crippen molar-refractivity contribution in [3.8, 4) is 5.88 Å². The summed E-state index contributed by atoms with van der Waals surface area (Å²) >= 11 is 3.03. The molecule has 0 atom stereocenters. The van der Waals surface area contributed by atoms with Gasteiger partial charge in [-0.15, -0.1) is 11.3 Å². The molecule has 10 heteroatoms. The fourth-order valence-corrected chi connectivity index (χ4v) is 10.2. The van der Waals surface area contributed by atoms with E-state index in [1.807, 2.05) is 11.6 Å². The van der Waals surface area contributed by atoms with Gasteiger partial charge in [0.15, 0.2) is 0 Å². The molecule has 4 bridgehead atoms. The highest BCUT2D eigenvalue weighted by Gasteiger charge is 2.51. The number of aliphatic carboxylic acids is 1. The maximum absolute atomic E-state index is 13.7. The molecule has 212 valence electrons. The van der Waals surface area contributed by atoms with E-state index in [9.17, 15) is 9.59 Å². The molecule has 2 aromatic rings. The van der Waals surface area contributed by atoms with Gasteiger partial charge in [-0.25, -0.2) is 9.67 Å². The van der Waals surface area contributed by atoms with Gasteiger partial charge >= 0.3 is 5.97 Å². The maximum atomic E-state index is 13.7. The van der Waals surface area contributed by atoms with E-state index in [1.54, 1.807) is 18.0 Å². The Kier molecular flexibility index (Phi) is 7.95. The molecule has 0 unspecified atom stereocenters. The molecule has 39 heavy (non-hydrogen) atoms. The molecule has 5 aliphatic carbocycles. The molecule has 7 rings (SSSR count). The molecule has 0 spiro atoms. The molecule has 5 saturated carbocycles. The van der Waals surface area contributed by atoms with Gasteiger partial charge in [-0.1, -0.05) is 31.0 Å². The van der Waals surface area contributed by atoms with E-state index in [0.29, 0.717) is 36.3 Å². The molecule has 1 amide bonds. The van der Waals surface area contributed by atoms with Crippen LogP contribution in [0.3, 0.4) is 0 Å². The Balaban J connectivity index is 1.14. The third-order valence-electron chi connectivity index (χ3n) is 9.35. The van der Waals surface area contributed by atoms with Gasteiger partial charge in [0.25, 0.3) is 5.91 Å². The van der Waals surface area contributed by atoms with Crippen LogP contribution in [0.4, 0.5) is 0 Å². The number of nitrogens with zero attached hydrogens (tertiary/aromatic N) is 3. The Morgan fingerprint density at radius 2 is 1.85 bits per heavy atom. The van der Waals surface area contributed by atoms with Gasteiger partial charge in [0.2, 0.25) is 5.88 Å². The van der Waals surface area contributed by atoms with Crippen molar-refractivity contribution < 1.29 is 19.4 Å². The van der Waals surface area contributed by atoms with Crippen LogP contribution in [0, 0.1) is 30.6 Å². The van der Waals surface area contributed by atoms with Crippen LogP contribution in [0.1, 0.15) is 91.6 Å². The summed E-state index contributed by atoms with van der Waals surface area (Å²) < 4.78 is 9.11. The average molecular weight is 573 g/mol. The van der Waals surface area contributed by atoms with Crippen molar-refractivity contribution in [1.82, 2.24) is 20.1 Å². The van der Waals surface area contributed by atoms with Crippen LogP contribution in [0.15, 0.2) is 10.5 Å². The predicted molar refractivity (Wildman–Crippen MR) is 152 cm³/mol. The van der Waals surface area contributed by atoms with E-state index in [1.165, 1.54) is 62.7 Å². The number of carboxylic acids is 1. The number of hydrogen-bond acceptors (Lipinski definition) is 7. The Labute approximate surface area is 238 Å². The molecule has 5 fully saturated rings. The zero-order valence-corrected chi connectivity index (χ0v) is 24.5. The number of thioether (sulfide) groups is 1. The lowest BCUT2D eigenvalue weighted by molar-refractivity contribution is -0.136. The minimum absolute atomic E-state index is 0.00454. The van der Waals surface area contributed by atoms with Gasteiger partial charge in [0.05, 0.1) is 31.5 Å². The second kappa shape index (κ2) is 11.4. The molecular formula is C29H40N4O4S2. The van der Waals surface area contributed by atoms with Crippen molar-refractivity contribution in [2.75, 3.05) is 12.4 Å². The number of aryl methyl sites for hydroxylation is 2. The predicted octanol–water partition coefficient (Wildman–Crippen LogP) is 5.73. The van der Waals surface area contributed by atoms with Crippen molar-refractivity contribution in [3.05, 3.63) is 22.3 Å². The third kappa shape index (κ3) is 6.16. The Morgan fingerprint density at radius 3 is 2.51 bits per heavy atom. The highest BCUT2D eigenvalue weighted by atomic mass is 32.2. The number of carbonyl (C=O) groups excluding carboxylic acids is 1. The van der Waals surface area contributed by atoms with Crippen molar-refractivity contribution in [2.45, 2.75) is 100 Å². The second-order valence-corrected chi connectivity index (χ2v) is 14.9. The van der Waals surface area contributed by atoms with Crippen LogP contribution in [0.25, 0.3) is 0 Å². The summed E-state index contributed by atoms with van der Waals surface area (Å²) in [6.07, 6.45) is 15.2. The lowest BCUT2D eigenvalue weighted by Crippen LogP contribution is -2.59. The van der Waals surface area contributed by atoms with Gasteiger partial charge in [-0.2, -0.15) is 5.10 Å². The van der Waals surface area contributed by atoms with Crippen LogP contribution in [-0.4, -0.2) is 49.6 Å². The van der Waals surface area contributed by atoms with E-state index in [0.717, 1.165) is 51.9 Å². The van der Waals surface area contributed by atoms with Crippen LogP contribution in [0.2, 0.25) is 0 Å². The number of ether oxygens (including phenoxy) is 1. The Hall–Kier alpha value is -2.07. The summed E-state index contributed by atoms with van der Waals surface area (Å²) in [5.41, 5.74) is 1.28. The molecule has 2 aromatic heterocycles. The van der Waals surface area contributed by atoms with E-state index in [4.69, 9.17) is 9.84 Å². The summed E-state index contributed by atoms with van der Waals surface area (Å²) in [7, 11) is 0. The Morgan fingerprint density at radius 1 is 1.15 bits per heavy atom. The normalized spacial score (nSPS) is 28.1. The van der Waals surface area contributed by atoms with Gasteiger partial charge in [-0.3, -0.25) is 9.59 Å². The average Bonchev–Trinajstić information content (AvgIpc) is 3.44. The molecule has 2 heterocycles. The van der Waals surface area contributed by atoms with Crippen molar-refractivity contribution in [2.24, 2.45) is 23.7 Å². The summed E-state index contributed by atoms with van der Waals surface area (Å²) in [5, 5.41) is 17.2. The second-order valence-electron chi connectivity index (χ2n) is 12.5. The Bertz CT molecular complexity index is 1170. The first kappa shape index (κ1) is 27.1. The van der Waals surface area contributed by atoms with E-state index in [2.05, 4.69) is 15.4 Å². The fraction of sp³-hybridized carbons (Fsp3) is 0.724. The smallest absolute Gasteiger partial charge is 0.308 e. The molecular weight excluding hydrogens is 532 g/mol. The fourth-order valence-electron chi connectivity index (χ4n) is 7.95. The first-order valence-corrected chi connectivity index (χ1v) is 16.5. The third-order valence-corrected chi connectivity index (χ3v) is 11.6. The minimum atomic E-state index is -0.839. The molecule has 0 saturated heterocycles. The van der Waals surface area contributed by atoms with E-state index >= 15 is 0 Å². The molecule has 0 radical (unpaired) electrons. The molecule has 8 nitrogen and oxygen atoms in total. The number of nitrogens with one attached hydrogen (secondary N) is 1. The SMILES string of the molecule is Cc1nc(SCCn2ncc(C(=O)NC34CC5CC(CC(C5)C3)C4)c2OCC2CCCCC2)sc1CC(=O)O. The maximum Gasteiger partial charge on any atom is 0.308 e. The highest BCUT2D eigenvalue weighted by molar-refractivity contribution is 8.01. The number of carboxylic acid groups (broad SMARTS) is 1. The molecule has 0 aromatic carbocycles.